The summed E-state index contributed by atoms with van der Waals surface area (Å²) in [6.07, 6.45) is 0.235. The lowest BCUT2D eigenvalue weighted by molar-refractivity contribution is -0.138. The summed E-state index contributed by atoms with van der Waals surface area (Å²) >= 11 is 6.28. The molecule has 0 spiro atoms. The third-order valence-electron chi connectivity index (χ3n) is 5.21. The second-order valence-electron chi connectivity index (χ2n) is 6.77. The fourth-order valence-corrected chi connectivity index (χ4v) is 4.24. The highest BCUT2D eigenvalue weighted by atomic mass is 35.5. The lowest BCUT2D eigenvalue weighted by atomic mass is 9.75. The maximum atomic E-state index is 13.5. The van der Waals surface area contributed by atoms with Gasteiger partial charge >= 0.3 is 6.18 Å². The Morgan fingerprint density at radius 2 is 1.80 bits per heavy atom. The van der Waals surface area contributed by atoms with Gasteiger partial charge in [0.15, 0.2) is 0 Å². The maximum absolute atomic E-state index is 13.5. The van der Waals surface area contributed by atoms with Gasteiger partial charge in [0.05, 0.1) is 22.3 Å². The third-order valence-corrected chi connectivity index (χ3v) is 5.53. The molecule has 130 valence electrons. The van der Waals surface area contributed by atoms with Crippen LogP contribution in [0.3, 0.4) is 0 Å². The van der Waals surface area contributed by atoms with Crippen molar-refractivity contribution >= 4 is 17.3 Å². The Morgan fingerprint density at radius 3 is 2.48 bits per heavy atom. The minimum atomic E-state index is -4.39. The van der Waals surface area contributed by atoms with Gasteiger partial charge in [0.1, 0.15) is 0 Å². The van der Waals surface area contributed by atoms with Gasteiger partial charge in [-0.3, -0.25) is 0 Å². The van der Waals surface area contributed by atoms with Gasteiger partial charge in [-0.05, 0) is 42.5 Å². The number of benzene rings is 2. The van der Waals surface area contributed by atoms with Crippen LogP contribution in [0.25, 0.3) is 0 Å². The van der Waals surface area contributed by atoms with E-state index in [0.29, 0.717) is 10.7 Å². The number of hydrogen-bond donors (Lipinski definition) is 1. The van der Waals surface area contributed by atoms with Gasteiger partial charge in [0, 0.05) is 5.92 Å². The molecule has 0 bridgehead atoms. The largest absolute Gasteiger partial charge is 0.416 e. The molecule has 1 aliphatic carbocycles. The van der Waals surface area contributed by atoms with Crippen molar-refractivity contribution in [1.82, 2.24) is 0 Å². The SMILES string of the molecule is Cc1ccc([C@@H]2Nc3c(Cl)ccc(C(F)(F)F)c3[C@H]3C=CC[C@@H]32)cc1. The molecule has 0 amide bonds. The van der Waals surface area contributed by atoms with Crippen LogP contribution in [-0.4, -0.2) is 0 Å². The monoisotopic (exact) mass is 363 g/mol. The van der Waals surface area contributed by atoms with Crippen molar-refractivity contribution in [3.8, 4) is 0 Å². The van der Waals surface area contributed by atoms with Gasteiger partial charge in [-0.25, -0.2) is 0 Å². The lowest BCUT2D eigenvalue weighted by Gasteiger charge is -2.39. The number of halogens is 4. The average Bonchev–Trinajstić information content (AvgIpc) is 3.04. The first-order chi connectivity index (χ1) is 11.9. The zero-order valence-corrected chi connectivity index (χ0v) is 14.3. The van der Waals surface area contributed by atoms with Crippen molar-refractivity contribution in [3.05, 3.63) is 75.8 Å². The Bertz CT molecular complexity index is 839. The van der Waals surface area contributed by atoms with E-state index in [1.807, 2.05) is 43.3 Å². The molecule has 2 aromatic carbocycles. The van der Waals surface area contributed by atoms with Gasteiger partial charge in [-0.1, -0.05) is 53.6 Å². The zero-order valence-electron chi connectivity index (χ0n) is 13.6. The van der Waals surface area contributed by atoms with E-state index in [9.17, 15) is 13.2 Å². The number of anilines is 1. The molecule has 0 saturated carbocycles. The smallest absolute Gasteiger partial charge is 0.376 e. The van der Waals surface area contributed by atoms with Crippen LogP contribution in [-0.2, 0) is 6.18 Å². The van der Waals surface area contributed by atoms with Gasteiger partial charge in [0.25, 0.3) is 0 Å². The van der Waals surface area contributed by atoms with E-state index in [2.05, 4.69) is 5.32 Å². The van der Waals surface area contributed by atoms with Crippen LogP contribution in [0.1, 0.15) is 40.6 Å². The Labute approximate surface area is 149 Å². The molecule has 2 aromatic rings. The van der Waals surface area contributed by atoms with E-state index in [1.54, 1.807) is 0 Å². The average molecular weight is 364 g/mol. The predicted molar refractivity (Wildman–Crippen MR) is 94.0 cm³/mol. The summed E-state index contributed by atoms with van der Waals surface area (Å²) in [5.74, 6) is -0.229. The Balaban J connectivity index is 1.87. The number of nitrogens with one attached hydrogen (secondary N) is 1. The van der Waals surface area contributed by atoms with Crippen LogP contribution in [0.15, 0.2) is 48.6 Å². The van der Waals surface area contributed by atoms with Crippen LogP contribution < -0.4 is 5.32 Å². The Hall–Kier alpha value is -1.94. The molecule has 1 heterocycles. The molecule has 5 heteroatoms. The highest BCUT2D eigenvalue weighted by Gasteiger charge is 2.44. The second kappa shape index (κ2) is 5.80. The maximum Gasteiger partial charge on any atom is 0.416 e. The molecule has 0 aromatic heterocycles. The summed E-state index contributed by atoms with van der Waals surface area (Å²) in [6.45, 7) is 2.01. The summed E-state index contributed by atoms with van der Waals surface area (Å²) < 4.78 is 40.6. The Kier molecular flexibility index (Phi) is 3.84. The summed E-state index contributed by atoms with van der Waals surface area (Å²) in [4.78, 5) is 0. The summed E-state index contributed by atoms with van der Waals surface area (Å²) in [5.41, 5.74) is 2.32. The highest BCUT2D eigenvalue weighted by molar-refractivity contribution is 6.33. The van der Waals surface area contributed by atoms with Gasteiger partial charge in [0.2, 0.25) is 0 Å². The zero-order chi connectivity index (χ0) is 17.8. The van der Waals surface area contributed by atoms with Crippen LogP contribution in [0, 0.1) is 12.8 Å². The molecule has 1 nitrogen and oxygen atoms in total. The van der Waals surface area contributed by atoms with Crippen LogP contribution >= 0.6 is 11.6 Å². The van der Waals surface area contributed by atoms with Crippen molar-refractivity contribution < 1.29 is 13.2 Å². The molecule has 1 N–H and O–H groups in total. The summed E-state index contributed by atoms with van der Waals surface area (Å²) in [6, 6.07) is 10.5. The minimum absolute atomic E-state index is 0.0507. The van der Waals surface area contributed by atoms with Crippen molar-refractivity contribution in [3.63, 3.8) is 0 Å². The van der Waals surface area contributed by atoms with Crippen LogP contribution in [0.5, 0.6) is 0 Å². The molecule has 0 fully saturated rings. The number of rotatable bonds is 1. The van der Waals surface area contributed by atoms with Gasteiger partial charge in [-0.2, -0.15) is 13.2 Å². The van der Waals surface area contributed by atoms with Crippen LogP contribution in [0.2, 0.25) is 5.02 Å². The van der Waals surface area contributed by atoms with Crippen LogP contribution in [0.4, 0.5) is 18.9 Å². The summed E-state index contributed by atoms with van der Waals surface area (Å²) in [7, 11) is 0. The molecule has 25 heavy (non-hydrogen) atoms. The number of allylic oxidation sites excluding steroid dienone is 2. The van der Waals surface area contributed by atoms with Gasteiger partial charge in [-0.15, -0.1) is 0 Å². The lowest BCUT2D eigenvalue weighted by Crippen LogP contribution is -2.31. The first-order valence-corrected chi connectivity index (χ1v) is 8.63. The van der Waals surface area contributed by atoms with E-state index >= 15 is 0 Å². The first-order valence-electron chi connectivity index (χ1n) is 8.25. The number of alkyl halides is 3. The summed E-state index contributed by atoms with van der Waals surface area (Å²) in [5, 5.41) is 3.65. The van der Waals surface area contributed by atoms with E-state index in [1.165, 1.54) is 6.07 Å². The van der Waals surface area contributed by atoms with E-state index in [0.717, 1.165) is 23.6 Å². The fraction of sp³-hybridized carbons (Fsp3) is 0.300. The normalized spacial score (nSPS) is 24.6. The predicted octanol–water partition coefficient (Wildman–Crippen LogP) is 6.49. The Morgan fingerprint density at radius 1 is 1.08 bits per heavy atom. The van der Waals surface area contributed by atoms with Gasteiger partial charge < -0.3 is 5.32 Å². The molecule has 0 saturated heterocycles. The molecule has 1 aliphatic heterocycles. The molecule has 4 rings (SSSR count). The van der Waals surface area contributed by atoms with Crippen molar-refractivity contribution in [2.24, 2.45) is 5.92 Å². The van der Waals surface area contributed by atoms with Crippen molar-refractivity contribution in [2.75, 3.05) is 5.32 Å². The van der Waals surface area contributed by atoms with E-state index < -0.39 is 11.7 Å². The molecular formula is C20H17ClF3N. The molecule has 2 aliphatic rings. The first kappa shape index (κ1) is 16.5. The third kappa shape index (κ3) is 2.73. The molecule has 0 unspecified atom stereocenters. The number of hydrogen-bond acceptors (Lipinski definition) is 1. The molecule has 3 atom stereocenters. The van der Waals surface area contributed by atoms with E-state index in [-0.39, 0.29) is 23.4 Å². The van der Waals surface area contributed by atoms with E-state index in [4.69, 9.17) is 11.6 Å². The highest BCUT2D eigenvalue weighted by Crippen LogP contribution is 2.54. The molecule has 0 radical (unpaired) electrons. The molecular weight excluding hydrogens is 347 g/mol. The second-order valence-corrected chi connectivity index (χ2v) is 7.17. The quantitative estimate of drug-likeness (QED) is 0.571. The van der Waals surface area contributed by atoms with Crippen molar-refractivity contribution in [2.45, 2.75) is 31.5 Å². The topological polar surface area (TPSA) is 12.0 Å². The standard InChI is InChI=1S/C20H17ClF3N/c1-11-5-7-12(8-6-11)18-14-4-2-3-13(14)17-15(20(22,23)24)9-10-16(21)19(17)25-18/h2-3,5-10,13-14,18,25H,4H2,1H3/t13-,14-,18-/m0/s1. The van der Waals surface area contributed by atoms with Crippen molar-refractivity contribution in [1.29, 1.82) is 0 Å². The minimum Gasteiger partial charge on any atom is -0.376 e. The number of aryl methyl sites for hydroxylation is 1. The fourth-order valence-electron chi connectivity index (χ4n) is 4.03. The number of fused-ring (bicyclic) bond motifs is 3.